The van der Waals surface area contributed by atoms with Crippen LogP contribution in [0.2, 0.25) is 0 Å². The Bertz CT molecular complexity index is 698. The highest BCUT2D eigenvalue weighted by molar-refractivity contribution is 6.17. The van der Waals surface area contributed by atoms with Gasteiger partial charge in [-0.1, -0.05) is 36.4 Å². The van der Waals surface area contributed by atoms with Gasteiger partial charge in [0, 0.05) is 18.0 Å². The molecule has 3 rings (SSSR count). The molecule has 0 saturated carbocycles. The van der Waals surface area contributed by atoms with Crippen molar-refractivity contribution in [3.05, 3.63) is 54.4 Å². The Morgan fingerprint density at radius 1 is 1.11 bits per heavy atom. The average molecular weight is 271 g/mol. The van der Waals surface area contributed by atoms with Gasteiger partial charge in [-0.2, -0.15) is 0 Å². The van der Waals surface area contributed by atoms with E-state index in [9.17, 15) is 0 Å². The highest BCUT2D eigenvalue weighted by Crippen LogP contribution is 2.28. The summed E-state index contributed by atoms with van der Waals surface area (Å²) < 4.78 is 2.16. The van der Waals surface area contributed by atoms with E-state index in [0.717, 1.165) is 17.6 Å². The van der Waals surface area contributed by atoms with Crippen molar-refractivity contribution in [1.29, 1.82) is 0 Å². The van der Waals surface area contributed by atoms with Gasteiger partial charge in [-0.05, 0) is 24.1 Å². The van der Waals surface area contributed by atoms with Crippen LogP contribution in [0.25, 0.3) is 22.2 Å². The van der Waals surface area contributed by atoms with E-state index >= 15 is 0 Å². The minimum Gasteiger partial charge on any atom is -0.331 e. The molecule has 0 amide bonds. The molecule has 2 nitrogen and oxygen atoms in total. The number of hydrogen-bond donors (Lipinski definition) is 0. The first-order chi connectivity index (χ1) is 9.33. The number of imidazole rings is 1. The zero-order valence-electron chi connectivity index (χ0n) is 10.8. The number of alkyl halides is 1. The summed E-state index contributed by atoms with van der Waals surface area (Å²) in [4.78, 5) is 4.55. The second-order valence-electron chi connectivity index (χ2n) is 4.53. The summed E-state index contributed by atoms with van der Waals surface area (Å²) in [7, 11) is 0. The molecule has 3 aromatic rings. The molecule has 0 saturated heterocycles. The third-order valence-corrected chi connectivity index (χ3v) is 3.72. The zero-order valence-corrected chi connectivity index (χ0v) is 11.6. The third-order valence-electron chi connectivity index (χ3n) is 3.41. The molecule has 3 heteroatoms. The number of aryl methyl sites for hydroxylation is 1. The molecule has 0 unspecified atom stereocenters. The first-order valence-corrected chi connectivity index (χ1v) is 6.96. The number of rotatable bonds is 3. The first-order valence-electron chi connectivity index (χ1n) is 6.42. The van der Waals surface area contributed by atoms with Crippen molar-refractivity contribution in [2.24, 2.45) is 0 Å². The van der Waals surface area contributed by atoms with Crippen molar-refractivity contribution in [2.75, 3.05) is 0 Å². The van der Waals surface area contributed by atoms with Crippen molar-refractivity contribution in [1.82, 2.24) is 9.55 Å². The Morgan fingerprint density at radius 2 is 1.89 bits per heavy atom. The fourth-order valence-electron chi connectivity index (χ4n) is 2.35. The van der Waals surface area contributed by atoms with E-state index in [4.69, 9.17) is 11.6 Å². The minimum atomic E-state index is 0.551. The Balaban J connectivity index is 2.16. The van der Waals surface area contributed by atoms with Crippen LogP contribution in [0.3, 0.4) is 0 Å². The highest BCUT2D eigenvalue weighted by Gasteiger charge is 2.08. The predicted octanol–water partition coefficient (Wildman–Crippen LogP) is 4.46. The van der Waals surface area contributed by atoms with Crippen molar-refractivity contribution in [2.45, 2.75) is 19.3 Å². The third kappa shape index (κ3) is 2.13. The lowest BCUT2D eigenvalue weighted by molar-refractivity contribution is 0.787. The van der Waals surface area contributed by atoms with Crippen LogP contribution in [-0.4, -0.2) is 9.55 Å². The maximum Gasteiger partial charge on any atom is 0.0963 e. The molecule has 0 N–H and O–H groups in total. The molecule has 19 heavy (non-hydrogen) atoms. The second kappa shape index (κ2) is 5.06. The van der Waals surface area contributed by atoms with Gasteiger partial charge in [0.15, 0.2) is 0 Å². The maximum absolute atomic E-state index is 5.83. The fraction of sp³-hybridized carbons (Fsp3) is 0.188. The van der Waals surface area contributed by atoms with Crippen molar-refractivity contribution < 1.29 is 0 Å². The van der Waals surface area contributed by atoms with Crippen LogP contribution >= 0.6 is 11.6 Å². The molecule has 1 aromatic heterocycles. The number of hydrogen-bond acceptors (Lipinski definition) is 1. The minimum absolute atomic E-state index is 0.551. The van der Waals surface area contributed by atoms with E-state index in [-0.39, 0.29) is 0 Å². The summed E-state index contributed by atoms with van der Waals surface area (Å²) in [5.41, 5.74) is 5.73. The van der Waals surface area contributed by atoms with E-state index in [0.29, 0.717) is 5.88 Å². The zero-order chi connectivity index (χ0) is 13.2. The van der Waals surface area contributed by atoms with Crippen LogP contribution in [-0.2, 0) is 12.4 Å². The summed E-state index contributed by atoms with van der Waals surface area (Å²) in [6.07, 6.45) is 1.90. The Hall–Kier alpha value is -1.80. The number of aromatic nitrogens is 2. The number of nitrogens with zero attached hydrogens (tertiary/aromatic N) is 2. The molecule has 0 spiro atoms. The number of para-hydroxylation sites is 1. The average Bonchev–Trinajstić information content (AvgIpc) is 2.90. The molecular formula is C16H15ClN2. The van der Waals surface area contributed by atoms with Gasteiger partial charge in [0.05, 0.1) is 17.4 Å². The summed E-state index contributed by atoms with van der Waals surface area (Å²) >= 11 is 5.83. The van der Waals surface area contributed by atoms with Crippen LogP contribution in [0.15, 0.2) is 48.8 Å². The molecule has 0 bridgehead atoms. The van der Waals surface area contributed by atoms with Crippen LogP contribution in [0.1, 0.15) is 12.5 Å². The highest BCUT2D eigenvalue weighted by atomic mass is 35.5. The molecule has 0 fully saturated rings. The molecule has 1 heterocycles. The van der Waals surface area contributed by atoms with Gasteiger partial charge in [-0.25, -0.2) is 4.98 Å². The summed E-state index contributed by atoms with van der Waals surface area (Å²) in [6.45, 7) is 3.06. The number of benzene rings is 2. The Labute approximate surface area is 117 Å². The summed E-state index contributed by atoms with van der Waals surface area (Å²) in [5, 5.41) is 0. The lowest BCUT2D eigenvalue weighted by Crippen LogP contribution is -1.90. The molecule has 2 aromatic carbocycles. The molecule has 0 atom stereocenters. The Kier molecular flexibility index (Phi) is 3.26. The quantitative estimate of drug-likeness (QED) is 0.643. The van der Waals surface area contributed by atoms with E-state index < -0.39 is 0 Å². The number of halogens is 1. The predicted molar refractivity (Wildman–Crippen MR) is 80.4 cm³/mol. The fourth-order valence-corrected chi connectivity index (χ4v) is 2.52. The maximum atomic E-state index is 5.83. The summed E-state index contributed by atoms with van der Waals surface area (Å²) in [6, 6.07) is 14.7. The normalized spacial score (nSPS) is 11.1. The van der Waals surface area contributed by atoms with E-state index in [1.807, 2.05) is 6.33 Å². The lowest BCUT2D eigenvalue weighted by Gasteiger charge is -2.05. The molecule has 0 aliphatic carbocycles. The topological polar surface area (TPSA) is 17.8 Å². The molecular weight excluding hydrogens is 256 g/mol. The smallest absolute Gasteiger partial charge is 0.0963 e. The van der Waals surface area contributed by atoms with Crippen LogP contribution in [0.5, 0.6) is 0 Å². The molecule has 0 radical (unpaired) electrons. The van der Waals surface area contributed by atoms with Crippen molar-refractivity contribution in [3.8, 4) is 11.1 Å². The Morgan fingerprint density at radius 3 is 2.58 bits per heavy atom. The van der Waals surface area contributed by atoms with E-state index in [1.165, 1.54) is 16.6 Å². The molecule has 0 aliphatic heterocycles. The van der Waals surface area contributed by atoms with Crippen LogP contribution < -0.4 is 0 Å². The van der Waals surface area contributed by atoms with Gasteiger partial charge < -0.3 is 4.57 Å². The van der Waals surface area contributed by atoms with Crippen LogP contribution in [0, 0.1) is 0 Å². The van der Waals surface area contributed by atoms with Gasteiger partial charge in [0.2, 0.25) is 0 Å². The lowest BCUT2D eigenvalue weighted by atomic mass is 10.0. The monoisotopic (exact) mass is 270 g/mol. The van der Waals surface area contributed by atoms with Crippen molar-refractivity contribution in [3.63, 3.8) is 0 Å². The van der Waals surface area contributed by atoms with Crippen LogP contribution in [0.4, 0.5) is 0 Å². The molecule has 96 valence electrons. The van der Waals surface area contributed by atoms with Crippen molar-refractivity contribution >= 4 is 22.6 Å². The number of fused-ring (bicyclic) bond motifs is 1. The van der Waals surface area contributed by atoms with Gasteiger partial charge in [0.1, 0.15) is 0 Å². The van der Waals surface area contributed by atoms with Gasteiger partial charge in [-0.3, -0.25) is 0 Å². The largest absolute Gasteiger partial charge is 0.331 e. The molecule has 0 aliphatic rings. The van der Waals surface area contributed by atoms with Gasteiger partial charge in [0.25, 0.3) is 0 Å². The summed E-state index contributed by atoms with van der Waals surface area (Å²) in [5.74, 6) is 0.551. The SMILES string of the molecule is CCn1cnc2c(-c3ccc(CCl)cc3)cccc21. The first kappa shape index (κ1) is 12.2. The van der Waals surface area contributed by atoms with E-state index in [2.05, 4.69) is 58.9 Å². The van der Waals surface area contributed by atoms with E-state index in [1.54, 1.807) is 0 Å². The second-order valence-corrected chi connectivity index (χ2v) is 4.80. The van der Waals surface area contributed by atoms with Gasteiger partial charge in [-0.15, -0.1) is 11.6 Å². The standard InChI is InChI=1S/C16H15ClN2/c1-2-19-11-18-16-14(4-3-5-15(16)19)13-8-6-12(10-17)7-9-13/h3-9,11H,2,10H2,1H3. The van der Waals surface area contributed by atoms with Gasteiger partial charge >= 0.3 is 0 Å².